The minimum absolute atomic E-state index is 0. The monoisotopic (exact) mass is 453 g/mol. The van der Waals surface area contributed by atoms with Crippen LogP contribution in [0.15, 0.2) is 24.3 Å². The van der Waals surface area contributed by atoms with Crippen LogP contribution in [-0.4, -0.2) is 59.3 Å². The topological polar surface area (TPSA) is 106 Å². The Bertz CT molecular complexity index is 1040. The summed E-state index contributed by atoms with van der Waals surface area (Å²) in [7, 11) is 0. The molecule has 0 saturated carbocycles. The van der Waals surface area contributed by atoms with E-state index in [0.717, 1.165) is 42.5 Å². The highest BCUT2D eigenvalue weighted by Crippen LogP contribution is 2.34. The second kappa shape index (κ2) is 10.1. The van der Waals surface area contributed by atoms with E-state index in [4.69, 9.17) is 20.0 Å². The lowest BCUT2D eigenvalue weighted by Crippen LogP contribution is -2.44. The average Bonchev–Trinajstić information content (AvgIpc) is 3.24. The van der Waals surface area contributed by atoms with Crippen molar-refractivity contribution in [2.45, 2.75) is 52.4 Å². The number of morpholine rings is 1. The summed E-state index contributed by atoms with van der Waals surface area (Å²) in [6, 6.07) is 10.0. The lowest BCUT2D eigenvalue weighted by Gasteiger charge is -2.33. The van der Waals surface area contributed by atoms with Crippen LogP contribution in [0.25, 0.3) is 11.3 Å². The molecule has 0 unspecified atom stereocenters. The molecule has 1 aromatic carbocycles. The fourth-order valence-electron chi connectivity index (χ4n) is 4.14. The first-order valence-electron chi connectivity index (χ1n) is 11.5. The van der Waals surface area contributed by atoms with Crippen LogP contribution in [0, 0.1) is 11.3 Å². The third-order valence-corrected chi connectivity index (χ3v) is 6.09. The van der Waals surface area contributed by atoms with Crippen LogP contribution in [0.4, 0.5) is 16.4 Å². The number of carbonyl (C=O) groups is 1. The van der Waals surface area contributed by atoms with Crippen molar-refractivity contribution >= 4 is 17.7 Å². The van der Waals surface area contributed by atoms with Crippen molar-refractivity contribution in [2.24, 2.45) is 0 Å². The number of nitriles is 1. The standard InChI is InChI=1S/C24H31N7O2.2H2/c1-16(2)30-13-20-21(14-30)28-23(31-11-12-33-15-17(31)3)29-22(20)18-5-7-19(8-6-18)27-24(32)26-10-4-9-25;;/h5-8,16-17H,4,10-15H2,1-3H3,(H2,26,27,32);2*1H/t17-;;/m0../s1. The predicted octanol–water partition coefficient (Wildman–Crippen LogP) is 3.62. The molecule has 0 bridgehead atoms. The summed E-state index contributed by atoms with van der Waals surface area (Å²) in [5.74, 6) is 0.754. The normalized spacial score (nSPS) is 18.2. The Morgan fingerprint density at radius 2 is 2.09 bits per heavy atom. The van der Waals surface area contributed by atoms with Gasteiger partial charge in [-0.15, -0.1) is 0 Å². The number of hydrogen-bond acceptors (Lipinski definition) is 7. The number of nitrogens with one attached hydrogen (secondary N) is 2. The second-order valence-corrected chi connectivity index (χ2v) is 8.78. The molecule has 2 amide bonds. The van der Waals surface area contributed by atoms with E-state index in [1.807, 2.05) is 30.3 Å². The number of nitrogens with zero attached hydrogens (tertiary/aromatic N) is 5. The summed E-state index contributed by atoms with van der Waals surface area (Å²) in [4.78, 5) is 26.6. The van der Waals surface area contributed by atoms with Gasteiger partial charge in [0.15, 0.2) is 0 Å². The van der Waals surface area contributed by atoms with Crippen molar-refractivity contribution in [3.63, 3.8) is 0 Å². The summed E-state index contributed by atoms with van der Waals surface area (Å²) in [6.07, 6.45) is 0.280. The number of carbonyl (C=O) groups excluding carboxylic acids is 1. The molecule has 1 fully saturated rings. The molecular weight excluding hydrogens is 418 g/mol. The zero-order valence-corrected chi connectivity index (χ0v) is 19.5. The van der Waals surface area contributed by atoms with Gasteiger partial charge in [-0.25, -0.2) is 14.8 Å². The largest absolute Gasteiger partial charge is 0.377 e. The fourth-order valence-corrected chi connectivity index (χ4v) is 4.14. The van der Waals surface area contributed by atoms with Gasteiger partial charge >= 0.3 is 6.03 Å². The molecule has 33 heavy (non-hydrogen) atoms. The lowest BCUT2D eigenvalue weighted by molar-refractivity contribution is 0.0980. The molecule has 3 heterocycles. The summed E-state index contributed by atoms with van der Waals surface area (Å²) in [6.45, 7) is 10.6. The van der Waals surface area contributed by atoms with Gasteiger partial charge in [0.05, 0.1) is 43.1 Å². The Morgan fingerprint density at radius 1 is 1.30 bits per heavy atom. The number of aromatic nitrogens is 2. The molecule has 9 heteroatoms. The minimum Gasteiger partial charge on any atom is -0.377 e. The molecule has 0 aliphatic carbocycles. The van der Waals surface area contributed by atoms with Crippen LogP contribution < -0.4 is 15.5 Å². The third-order valence-electron chi connectivity index (χ3n) is 6.09. The van der Waals surface area contributed by atoms with E-state index in [0.29, 0.717) is 31.5 Å². The van der Waals surface area contributed by atoms with Crippen LogP contribution in [0.5, 0.6) is 0 Å². The number of anilines is 2. The van der Waals surface area contributed by atoms with E-state index >= 15 is 0 Å². The van der Waals surface area contributed by atoms with Gasteiger partial charge in [-0.1, -0.05) is 12.1 Å². The zero-order valence-electron chi connectivity index (χ0n) is 19.5. The average molecular weight is 454 g/mol. The molecule has 2 aliphatic rings. The molecule has 1 saturated heterocycles. The summed E-state index contributed by atoms with van der Waals surface area (Å²) >= 11 is 0. The van der Waals surface area contributed by atoms with Gasteiger partial charge in [0, 0.05) is 51.9 Å². The number of ether oxygens (including phenoxy) is 1. The van der Waals surface area contributed by atoms with Crippen molar-refractivity contribution < 1.29 is 12.4 Å². The lowest BCUT2D eigenvalue weighted by atomic mass is 10.1. The first-order chi connectivity index (χ1) is 16.0. The molecule has 9 nitrogen and oxygen atoms in total. The van der Waals surface area contributed by atoms with Crippen molar-refractivity contribution in [1.82, 2.24) is 20.2 Å². The molecule has 178 valence electrons. The highest BCUT2D eigenvalue weighted by atomic mass is 16.5. The van der Waals surface area contributed by atoms with E-state index in [-0.39, 0.29) is 21.3 Å². The molecular formula is C24H35N7O2. The Balaban J connectivity index is 0.00000216. The van der Waals surface area contributed by atoms with Crippen molar-refractivity contribution in [3.05, 3.63) is 35.5 Å². The highest BCUT2D eigenvalue weighted by Gasteiger charge is 2.30. The van der Waals surface area contributed by atoms with E-state index in [2.05, 4.69) is 41.2 Å². The summed E-state index contributed by atoms with van der Waals surface area (Å²) in [5, 5.41) is 14.1. The molecule has 2 aromatic rings. The Morgan fingerprint density at radius 3 is 2.79 bits per heavy atom. The number of hydrogen-bond donors (Lipinski definition) is 2. The smallest absolute Gasteiger partial charge is 0.319 e. The van der Waals surface area contributed by atoms with Crippen LogP contribution in [0.3, 0.4) is 0 Å². The number of fused-ring (bicyclic) bond motifs is 1. The van der Waals surface area contributed by atoms with Crippen LogP contribution >= 0.6 is 0 Å². The minimum atomic E-state index is -0.322. The molecule has 4 rings (SSSR count). The van der Waals surface area contributed by atoms with Gasteiger partial charge in [-0.05, 0) is 32.9 Å². The molecule has 1 aromatic heterocycles. The van der Waals surface area contributed by atoms with E-state index in [1.54, 1.807) is 0 Å². The van der Waals surface area contributed by atoms with Gasteiger partial charge in [0.2, 0.25) is 5.95 Å². The molecule has 0 spiro atoms. The SMILES string of the molecule is CC(C)N1Cc2nc(N3CCOC[C@@H]3C)nc(-c3ccc(NC(=O)NCCC#N)cc3)c2C1.[HH].[HH]. The molecule has 2 aliphatic heterocycles. The van der Waals surface area contributed by atoms with Gasteiger partial charge < -0.3 is 20.3 Å². The quantitative estimate of drug-likeness (QED) is 0.643. The first-order valence-corrected chi connectivity index (χ1v) is 11.5. The Labute approximate surface area is 197 Å². The van der Waals surface area contributed by atoms with Gasteiger partial charge in [-0.2, -0.15) is 5.26 Å². The zero-order chi connectivity index (χ0) is 23.4. The highest BCUT2D eigenvalue weighted by molar-refractivity contribution is 5.89. The number of benzene rings is 1. The van der Waals surface area contributed by atoms with Gasteiger partial charge in [0.1, 0.15) is 0 Å². The third kappa shape index (κ3) is 5.24. The number of rotatable bonds is 6. The predicted molar refractivity (Wildman–Crippen MR) is 131 cm³/mol. The van der Waals surface area contributed by atoms with Gasteiger partial charge in [-0.3, -0.25) is 4.90 Å². The molecule has 2 N–H and O–H groups in total. The van der Waals surface area contributed by atoms with Crippen molar-refractivity contribution in [1.29, 1.82) is 5.26 Å². The van der Waals surface area contributed by atoms with E-state index < -0.39 is 0 Å². The van der Waals surface area contributed by atoms with E-state index in [1.165, 1.54) is 5.56 Å². The number of urea groups is 1. The van der Waals surface area contributed by atoms with Gasteiger partial charge in [0.25, 0.3) is 0 Å². The van der Waals surface area contributed by atoms with Crippen LogP contribution in [0.2, 0.25) is 0 Å². The van der Waals surface area contributed by atoms with E-state index in [9.17, 15) is 4.79 Å². The Kier molecular flexibility index (Phi) is 7.06. The molecule has 0 radical (unpaired) electrons. The fraction of sp³-hybridized carbons (Fsp3) is 0.500. The second-order valence-electron chi connectivity index (χ2n) is 8.78. The Hall–Kier alpha value is -3.22. The summed E-state index contributed by atoms with van der Waals surface area (Å²) < 4.78 is 5.60. The summed E-state index contributed by atoms with van der Waals surface area (Å²) in [5.41, 5.74) is 4.88. The molecule has 1 atom stereocenters. The van der Waals surface area contributed by atoms with Crippen LogP contribution in [-0.2, 0) is 17.8 Å². The number of amides is 2. The maximum absolute atomic E-state index is 12.0. The van der Waals surface area contributed by atoms with Crippen molar-refractivity contribution in [2.75, 3.05) is 36.5 Å². The maximum Gasteiger partial charge on any atom is 0.319 e. The first kappa shape index (κ1) is 23.0. The van der Waals surface area contributed by atoms with Crippen molar-refractivity contribution in [3.8, 4) is 17.3 Å². The maximum atomic E-state index is 12.0. The van der Waals surface area contributed by atoms with Crippen LogP contribution in [0.1, 0.15) is 41.3 Å².